The van der Waals surface area contributed by atoms with Gasteiger partial charge in [-0.05, 0) is 42.0 Å². The topological polar surface area (TPSA) is 77.5 Å². The van der Waals surface area contributed by atoms with E-state index < -0.39 is 6.10 Å². The Kier molecular flexibility index (Phi) is 5.64. The van der Waals surface area contributed by atoms with Crippen molar-refractivity contribution in [1.29, 1.82) is 0 Å². The normalized spacial score (nSPS) is 12.5. The van der Waals surface area contributed by atoms with Crippen LogP contribution in [0.15, 0.2) is 60.7 Å². The molecule has 6 heteroatoms. The molecule has 4 N–H and O–H groups in total. The Bertz CT molecular complexity index is 1110. The molecule has 4 aromatic rings. The maximum Gasteiger partial charge on any atom is 0.125 e. The zero-order valence-electron chi connectivity index (χ0n) is 15.9. The minimum atomic E-state index is -0.583. The highest BCUT2D eigenvalue weighted by Gasteiger charge is 2.14. The summed E-state index contributed by atoms with van der Waals surface area (Å²) >= 11 is 0. The number of aromatic hydroxyl groups is 1. The van der Waals surface area contributed by atoms with E-state index in [2.05, 4.69) is 10.3 Å². The minimum Gasteiger partial charge on any atom is -0.507 e. The first-order valence-corrected chi connectivity index (χ1v) is 9.60. The first-order valence-electron chi connectivity index (χ1n) is 9.60. The number of rotatable bonds is 8. The number of nitrogens with one attached hydrogen (secondary N) is 2. The Hall–Kier alpha value is -3.09. The van der Waals surface area contributed by atoms with Gasteiger partial charge in [0.05, 0.1) is 11.6 Å². The summed E-state index contributed by atoms with van der Waals surface area (Å²) in [5.74, 6) is 0.544. The van der Waals surface area contributed by atoms with E-state index in [1.807, 2.05) is 30.3 Å². The molecule has 0 saturated carbocycles. The molecule has 1 atom stereocenters. The quantitative estimate of drug-likeness (QED) is 0.344. The van der Waals surface area contributed by atoms with Crippen molar-refractivity contribution in [2.75, 3.05) is 19.7 Å². The molecular weight excluding hydrogens is 371 g/mol. The van der Waals surface area contributed by atoms with E-state index in [-0.39, 0.29) is 11.6 Å². The largest absolute Gasteiger partial charge is 0.507 e. The van der Waals surface area contributed by atoms with E-state index in [0.717, 1.165) is 27.4 Å². The van der Waals surface area contributed by atoms with E-state index in [9.17, 15) is 14.6 Å². The number of phenols is 1. The van der Waals surface area contributed by atoms with Gasteiger partial charge in [-0.1, -0.05) is 24.3 Å². The summed E-state index contributed by atoms with van der Waals surface area (Å²) in [6, 6.07) is 17.2. The molecule has 0 aliphatic carbocycles. The summed E-state index contributed by atoms with van der Waals surface area (Å²) in [6.45, 7) is 1.39. The predicted octanol–water partition coefficient (Wildman–Crippen LogP) is 3.74. The van der Waals surface area contributed by atoms with Crippen LogP contribution in [0.3, 0.4) is 0 Å². The molecule has 0 bridgehead atoms. The number of aliphatic hydroxyl groups excluding tert-OH is 1. The number of hydrogen-bond donors (Lipinski definition) is 4. The van der Waals surface area contributed by atoms with Gasteiger partial charge in [-0.15, -0.1) is 0 Å². The number of ether oxygens (including phenoxy) is 1. The van der Waals surface area contributed by atoms with Crippen molar-refractivity contribution in [3.63, 3.8) is 0 Å². The molecule has 5 nitrogen and oxygen atoms in total. The first kappa shape index (κ1) is 19.2. The van der Waals surface area contributed by atoms with Crippen LogP contribution < -0.4 is 10.1 Å². The lowest BCUT2D eigenvalue weighted by Gasteiger charge is -2.13. The molecule has 29 heavy (non-hydrogen) atoms. The summed E-state index contributed by atoms with van der Waals surface area (Å²) in [6.07, 6.45) is -0.130. The molecule has 1 unspecified atom stereocenters. The number of hydrogen-bond acceptors (Lipinski definition) is 4. The predicted molar refractivity (Wildman–Crippen MR) is 112 cm³/mol. The maximum atomic E-state index is 12.9. The molecule has 0 spiro atoms. The van der Waals surface area contributed by atoms with Gasteiger partial charge in [0.15, 0.2) is 0 Å². The van der Waals surface area contributed by atoms with Gasteiger partial charge < -0.3 is 25.3 Å². The van der Waals surface area contributed by atoms with Crippen molar-refractivity contribution in [3.05, 3.63) is 72.0 Å². The highest BCUT2D eigenvalue weighted by molar-refractivity contribution is 6.11. The van der Waals surface area contributed by atoms with Crippen molar-refractivity contribution < 1.29 is 19.3 Å². The molecule has 0 amide bonds. The average molecular weight is 394 g/mol. The highest BCUT2D eigenvalue weighted by Crippen LogP contribution is 2.34. The van der Waals surface area contributed by atoms with Crippen LogP contribution in [0.4, 0.5) is 4.39 Å². The van der Waals surface area contributed by atoms with Gasteiger partial charge in [-0.2, -0.15) is 0 Å². The monoisotopic (exact) mass is 394 g/mol. The van der Waals surface area contributed by atoms with Gasteiger partial charge in [0.1, 0.15) is 23.9 Å². The van der Waals surface area contributed by atoms with Gasteiger partial charge in [-0.25, -0.2) is 4.39 Å². The van der Waals surface area contributed by atoms with Gasteiger partial charge in [0.25, 0.3) is 0 Å². The smallest absolute Gasteiger partial charge is 0.125 e. The SMILES string of the molecule is Oc1ccc(CC(O)CNCCOc2ccc(F)cc2)c2[nH]c3ccccc3c12. The molecule has 0 radical (unpaired) electrons. The summed E-state index contributed by atoms with van der Waals surface area (Å²) < 4.78 is 18.4. The Morgan fingerprint density at radius 3 is 2.66 bits per heavy atom. The number of fused-ring (bicyclic) bond motifs is 3. The van der Waals surface area contributed by atoms with Crippen LogP contribution in [-0.2, 0) is 6.42 Å². The van der Waals surface area contributed by atoms with Crippen LogP contribution in [-0.4, -0.2) is 41.0 Å². The van der Waals surface area contributed by atoms with Gasteiger partial charge in [0.2, 0.25) is 0 Å². The lowest BCUT2D eigenvalue weighted by molar-refractivity contribution is 0.169. The number of aliphatic hydroxyl groups is 1. The Balaban J connectivity index is 1.34. The zero-order valence-corrected chi connectivity index (χ0v) is 15.9. The van der Waals surface area contributed by atoms with Crippen LogP contribution in [0.25, 0.3) is 21.8 Å². The number of para-hydroxylation sites is 1. The van der Waals surface area contributed by atoms with E-state index in [1.54, 1.807) is 18.2 Å². The lowest BCUT2D eigenvalue weighted by atomic mass is 10.0. The van der Waals surface area contributed by atoms with Crippen molar-refractivity contribution >= 4 is 21.8 Å². The lowest BCUT2D eigenvalue weighted by Crippen LogP contribution is -2.31. The standard InChI is InChI=1S/C23H23FN2O3/c24-16-6-8-18(9-7-16)29-12-11-25-14-17(27)13-15-5-10-21(28)22-19-3-1-2-4-20(19)26-23(15)22/h1-10,17,25-28H,11-14H2. The third-order valence-corrected chi connectivity index (χ3v) is 4.92. The van der Waals surface area contributed by atoms with Crippen molar-refractivity contribution in [2.24, 2.45) is 0 Å². The third-order valence-electron chi connectivity index (χ3n) is 4.92. The number of aromatic nitrogens is 1. The number of phenolic OH excluding ortho intramolecular Hbond substituents is 1. The van der Waals surface area contributed by atoms with Crippen molar-refractivity contribution in [1.82, 2.24) is 10.3 Å². The minimum absolute atomic E-state index is 0.228. The summed E-state index contributed by atoms with van der Waals surface area (Å²) in [7, 11) is 0. The van der Waals surface area contributed by atoms with Gasteiger partial charge in [0, 0.05) is 35.8 Å². The Labute approximate surface area is 167 Å². The van der Waals surface area contributed by atoms with Gasteiger partial charge in [-0.3, -0.25) is 0 Å². The molecule has 0 saturated heterocycles. The molecule has 150 valence electrons. The van der Waals surface area contributed by atoms with Crippen LogP contribution in [0.1, 0.15) is 5.56 Å². The zero-order chi connectivity index (χ0) is 20.2. The Morgan fingerprint density at radius 1 is 1.03 bits per heavy atom. The highest BCUT2D eigenvalue weighted by atomic mass is 19.1. The fourth-order valence-electron chi connectivity index (χ4n) is 3.53. The van der Waals surface area contributed by atoms with E-state index in [4.69, 9.17) is 4.74 Å². The summed E-state index contributed by atoms with van der Waals surface area (Å²) in [5.41, 5.74) is 2.76. The second-order valence-electron chi connectivity index (χ2n) is 7.03. The van der Waals surface area contributed by atoms with E-state index in [1.165, 1.54) is 12.1 Å². The van der Waals surface area contributed by atoms with E-state index >= 15 is 0 Å². The molecular formula is C23H23FN2O3. The molecule has 1 heterocycles. The van der Waals surface area contributed by atoms with Crippen LogP contribution in [0.5, 0.6) is 11.5 Å². The van der Waals surface area contributed by atoms with Crippen LogP contribution in [0.2, 0.25) is 0 Å². The maximum absolute atomic E-state index is 12.9. The van der Waals surface area contributed by atoms with Crippen LogP contribution >= 0.6 is 0 Å². The fraction of sp³-hybridized carbons (Fsp3) is 0.217. The third kappa shape index (κ3) is 4.34. The molecule has 4 rings (SSSR count). The van der Waals surface area contributed by atoms with E-state index in [0.29, 0.717) is 31.9 Å². The summed E-state index contributed by atoms with van der Waals surface area (Å²) in [4.78, 5) is 3.35. The second kappa shape index (κ2) is 8.51. The number of halogens is 1. The Morgan fingerprint density at radius 2 is 1.83 bits per heavy atom. The molecule has 3 aromatic carbocycles. The number of aromatic amines is 1. The van der Waals surface area contributed by atoms with Crippen LogP contribution in [0, 0.1) is 5.82 Å². The fourth-order valence-corrected chi connectivity index (χ4v) is 3.53. The second-order valence-corrected chi connectivity index (χ2v) is 7.03. The van der Waals surface area contributed by atoms with Gasteiger partial charge >= 0.3 is 0 Å². The molecule has 0 aliphatic rings. The van der Waals surface area contributed by atoms with Crippen molar-refractivity contribution in [3.8, 4) is 11.5 Å². The molecule has 1 aromatic heterocycles. The average Bonchev–Trinajstić information content (AvgIpc) is 3.12. The first-order chi connectivity index (χ1) is 14.1. The van der Waals surface area contributed by atoms with Crippen molar-refractivity contribution in [2.45, 2.75) is 12.5 Å². The molecule has 0 fully saturated rings. The number of benzene rings is 3. The number of H-pyrrole nitrogens is 1. The summed E-state index contributed by atoms with van der Waals surface area (Å²) in [5, 5.41) is 25.6. The molecule has 0 aliphatic heterocycles.